The van der Waals surface area contributed by atoms with Crippen LogP contribution in [0.5, 0.6) is 5.75 Å². The van der Waals surface area contributed by atoms with Crippen LogP contribution >= 0.6 is 0 Å². The Morgan fingerprint density at radius 2 is 1.86 bits per heavy atom. The SMILES string of the molecule is O=C1Cc2cc(OC[C@@H](O)CN3CCN(c4ccc(F)cc4)CC3)ccc2N1. The van der Waals surface area contributed by atoms with Crippen molar-refractivity contribution in [1.29, 1.82) is 0 Å². The third kappa shape index (κ3) is 4.43. The van der Waals surface area contributed by atoms with Crippen molar-refractivity contribution in [3.8, 4) is 5.75 Å². The number of anilines is 2. The highest BCUT2D eigenvalue weighted by molar-refractivity contribution is 5.99. The van der Waals surface area contributed by atoms with Crippen LogP contribution in [0, 0.1) is 5.82 Å². The Morgan fingerprint density at radius 1 is 1.11 bits per heavy atom. The second-order valence-electron chi connectivity index (χ2n) is 7.27. The molecule has 2 N–H and O–H groups in total. The molecule has 2 aromatic rings. The first-order valence-electron chi connectivity index (χ1n) is 9.53. The summed E-state index contributed by atoms with van der Waals surface area (Å²) in [6.07, 6.45) is -0.224. The predicted molar refractivity (Wildman–Crippen MR) is 105 cm³/mol. The Hall–Kier alpha value is -2.64. The number of benzene rings is 2. The van der Waals surface area contributed by atoms with Crippen molar-refractivity contribution in [1.82, 2.24) is 4.90 Å². The lowest BCUT2D eigenvalue weighted by atomic mass is 10.1. The fraction of sp³-hybridized carbons (Fsp3) is 0.381. The van der Waals surface area contributed by atoms with E-state index in [0.29, 0.717) is 18.7 Å². The minimum absolute atomic E-state index is 0.00744. The number of piperazine rings is 1. The number of carbonyl (C=O) groups is 1. The molecular formula is C21H24FN3O3. The van der Waals surface area contributed by atoms with Gasteiger partial charge in [0.05, 0.1) is 6.42 Å². The first kappa shape index (κ1) is 18.7. The largest absolute Gasteiger partial charge is 0.491 e. The number of hydrogen-bond donors (Lipinski definition) is 2. The second kappa shape index (κ2) is 8.16. The number of halogens is 1. The first-order chi connectivity index (χ1) is 13.6. The van der Waals surface area contributed by atoms with Gasteiger partial charge in [-0.1, -0.05) is 0 Å². The molecule has 148 valence electrons. The number of ether oxygens (including phenoxy) is 1. The molecule has 0 aromatic heterocycles. The van der Waals surface area contributed by atoms with Crippen LogP contribution in [0.2, 0.25) is 0 Å². The molecule has 2 heterocycles. The Balaban J connectivity index is 1.22. The van der Waals surface area contributed by atoms with Gasteiger partial charge in [0.15, 0.2) is 0 Å². The van der Waals surface area contributed by atoms with Crippen LogP contribution in [0.1, 0.15) is 5.56 Å². The van der Waals surface area contributed by atoms with Gasteiger partial charge in [-0.15, -0.1) is 0 Å². The summed E-state index contributed by atoms with van der Waals surface area (Å²) in [5, 5.41) is 13.1. The van der Waals surface area contributed by atoms with Gasteiger partial charge in [-0.25, -0.2) is 4.39 Å². The maximum atomic E-state index is 13.1. The molecule has 0 bridgehead atoms. The van der Waals surface area contributed by atoms with E-state index in [9.17, 15) is 14.3 Å². The van der Waals surface area contributed by atoms with Gasteiger partial charge >= 0.3 is 0 Å². The summed E-state index contributed by atoms with van der Waals surface area (Å²) >= 11 is 0. The van der Waals surface area contributed by atoms with E-state index in [-0.39, 0.29) is 18.3 Å². The molecule has 0 saturated carbocycles. The third-order valence-electron chi connectivity index (χ3n) is 5.18. The van der Waals surface area contributed by atoms with E-state index in [1.807, 2.05) is 12.1 Å². The molecular weight excluding hydrogens is 361 g/mol. The van der Waals surface area contributed by atoms with E-state index in [0.717, 1.165) is 43.1 Å². The number of fused-ring (bicyclic) bond motifs is 1. The maximum absolute atomic E-state index is 13.1. The number of amides is 1. The summed E-state index contributed by atoms with van der Waals surface area (Å²) in [4.78, 5) is 15.8. The van der Waals surface area contributed by atoms with Crippen molar-refractivity contribution in [2.75, 3.05) is 49.5 Å². The van der Waals surface area contributed by atoms with Crippen LogP contribution < -0.4 is 15.0 Å². The van der Waals surface area contributed by atoms with E-state index in [1.165, 1.54) is 12.1 Å². The van der Waals surface area contributed by atoms with E-state index >= 15 is 0 Å². The fourth-order valence-corrected chi connectivity index (χ4v) is 3.68. The molecule has 2 aliphatic heterocycles. The van der Waals surface area contributed by atoms with Gasteiger partial charge in [-0.3, -0.25) is 9.69 Å². The lowest BCUT2D eigenvalue weighted by Crippen LogP contribution is -2.49. The monoisotopic (exact) mass is 385 g/mol. The Bertz CT molecular complexity index is 835. The average molecular weight is 385 g/mol. The van der Waals surface area contributed by atoms with Crippen molar-refractivity contribution in [3.05, 3.63) is 53.8 Å². The molecule has 1 fully saturated rings. The molecule has 4 rings (SSSR count). The molecule has 1 saturated heterocycles. The molecule has 7 heteroatoms. The van der Waals surface area contributed by atoms with Crippen molar-refractivity contribution in [2.45, 2.75) is 12.5 Å². The van der Waals surface area contributed by atoms with E-state index in [4.69, 9.17) is 4.74 Å². The number of β-amino-alcohol motifs (C(OH)–C–C–N with tert-alkyl or cyclic N) is 1. The quantitative estimate of drug-likeness (QED) is 0.795. The van der Waals surface area contributed by atoms with Crippen LogP contribution in [-0.4, -0.2) is 61.3 Å². The van der Waals surface area contributed by atoms with Crippen molar-refractivity contribution >= 4 is 17.3 Å². The molecule has 2 aromatic carbocycles. The van der Waals surface area contributed by atoms with E-state index in [1.54, 1.807) is 18.2 Å². The minimum atomic E-state index is -0.592. The molecule has 6 nitrogen and oxygen atoms in total. The summed E-state index contributed by atoms with van der Waals surface area (Å²) < 4.78 is 18.8. The minimum Gasteiger partial charge on any atom is -0.491 e. The summed E-state index contributed by atoms with van der Waals surface area (Å²) in [5.41, 5.74) is 2.78. The number of nitrogens with zero attached hydrogens (tertiary/aromatic N) is 2. The lowest BCUT2D eigenvalue weighted by molar-refractivity contribution is -0.115. The molecule has 1 amide bonds. The Labute approximate surface area is 163 Å². The predicted octanol–water partition coefficient (Wildman–Crippen LogP) is 1.88. The summed E-state index contributed by atoms with van der Waals surface area (Å²) in [6, 6.07) is 12.0. The summed E-state index contributed by atoms with van der Waals surface area (Å²) in [7, 11) is 0. The number of aliphatic hydroxyl groups excluding tert-OH is 1. The van der Waals surface area contributed by atoms with Crippen LogP contribution in [0.3, 0.4) is 0 Å². The Kier molecular flexibility index (Phi) is 5.45. The first-order valence-corrected chi connectivity index (χ1v) is 9.53. The highest BCUT2D eigenvalue weighted by Gasteiger charge is 2.21. The van der Waals surface area contributed by atoms with Crippen LogP contribution in [-0.2, 0) is 11.2 Å². The third-order valence-corrected chi connectivity index (χ3v) is 5.18. The van der Waals surface area contributed by atoms with Gasteiger partial charge in [0.25, 0.3) is 0 Å². The number of nitrogens with one attached hydrogen (secondary N) is 1. The number of aliphatic hydroxyl groups is 1. The van der Waals surface area contributed by atoms with Crippen molar-refractivity contribution in [3.63, 3.8) is 0 Å². The van der Waals surface area contributed by atoms with Crippen LogP contribution in [0.25, 0.3) is 0 Å². The normalized spacial score (nSPS) is 17.9. The molecule has 0 radical (unpaired) electrons. The standard InChI is InChI=1S/C21H24FN3O3/c22-16-1-3-17(4-2-16)25-9-7-24(8-10-25)13-18(26)14-28-19-5-6-20-15(11-19)12-21(27)23-20/h1-6,11,18,26H,7-10,12-14H2,(H,23,27)/t18-/m0/s1. The zero-order valence-electron chi connectivity index (χ0n) is 15.6. The second-order valence-corrected chi connectivity index (χ2v) is 7.27. The van der Waals surface area contributed by atoms with Gasteiger partial charge in [0.1, 0.15) is 24.3 Å². The number of carbonyl (C=O) groups excluding carboxylic acids is 1. The van der Waals surface area contributed by atoms with Crippen LogP contribution in [0.4, 0.5) is 15.8 Å². The average Bonchev–Trinajstić information content (AvgIpc) is 3.07. The van der Waals surface area contributed by atoms with Crippen molar-refractivity contribution < 1.29 is 19.0 Å². The van der Waals surface area contributed by atoms with Gasteiger partial charge in [0, 0.05) is 44.1 Å². The summed E-state index contributed by atoms with van der Waals surface area (Å²) in [5.74, 6) is 0.430. The molecule has 2 aliphatic rings. The Morgan fingerprint density at radius 3 is 2.61 bits per heavy atom. The number of rotatable bonds is 6. The van der Waals surface area contributed by atoms with E-state index < -0.39 is 6.10 Å². The smallest absolute Gasteiger partial charge is 0.228 e. The molecule has 1 atom stereocenters. The van der Waals surface area contributed by atoms with Crippen molar-refractivity contribution in [2.24, 2.45) is 0 Å². The molecule has 28 heavy (non-hydrogen) atoms. The fourth-order valence-electron chi connectivity index (χ4n) is 3.68. The molecule has 0 aliphatic carbocycles. The summed E-state index contributed by atoms with van der Waals surface area (Å²) in [6.45, 7) is 4.10. The zero-order chi connectivity index (χ0) is 19.5. The lowest BCUT2D eigenvalue weighted by Gasteiger charge is -2.36. The van der Waals surface area contributed by atoms with Gasteiger partial charge in [0.2, 0.25) is 5.91 Å². The van der Waals surface area contributed by atoms with Gasteiger partial charge < -0.3 is 20.1 Å². The van der Waals surface area contributed by atoms with Gasteiger partial charge in [-0.05, 0) is 48.0 Å². The van der Waals surface area contributed by atoms with Gasteiger partial charge in [-0.2, -0.15) is 0 Å². The highest BCUT2D eigenvalue weighted by Crippen LogP contribution is 2.27. The van der Waals surface area contributed by atoms with Crippen LogP contribution in [0.15, 0.2) is 42.5 Å². The molecule has 0 unspecified atom stereocenters. The topological polar surface area (TPSA) is 65.0 Å². The number of hydrogen-bond acceptors (Lipinski definition) is 5. The maximum Gasteiger partial charge on any atom is 0.228 e. The zero-order valence-corrected chi connectivity index (χ0v) is 15.6. The van der Waals surface area contributed by atoms with E-state index in [2.05, 4.69) is 15.1 Å². The highest BCUT2D eigenvalue weighted by atomic mass is 19.1. The molecule has 0 spiro atoms.